The molecular weight excluding hydrogens is 537 g/mol. The quantitative estimate of drug-likeness (QED) is 0.399. The maximum Gasteiger partial charge on any atom is 0.305 e. The number of aliphatic imine (C=N–C) groups is 1. The monoisotopic (exact) mass is 569 g/mol. The van der Waals surface area contributed by atoms with Gasteiger partial charge in [0.2, 0.25) is 0 Å². The number of halogens is 2. The van der Waals surface area contributed by atoms with E-state index >= 15 is 0 Å². The van der Waals surface area contributed by atoms with Gasteiger partial charge < -0.3 is 15.3 Å². The van der Waals surface area contributed by atoms with E-state index in [1.807, 2.05) is 17.0 Å². The molecule has 0 bridgehead atoms. The normalized spacial score (nSPS) is 25.5. The van der Waals surface area contributed by atoms with Crippen molar-refractivity contribution >= 4 is 46.7 Å². The molecule has 0 saturated heterocycles. The van der Waals surface area contributed by atoms with E-state index in [1.54, 1.807) is 30.3 Å². The number of carboxylic acids is 1. The van der Waals surface area contributed by atoms with Crippen molar-refractivity contribution in [1.82, 2.24) is 10.2 Å². The highest BCUT2D eigenvalue weighted by atomic mass is 35.5. The van der Waals surface area contributed by atoms with E-state index in [9.17, 15) is 14.4 Å². The molecule has 1 aliphatic heterocycles. The lowest BCUT2D eigenvalue weighted by Gasteiger charge is -2.47. The number of nitrogens with zero attached hydrogens (tertiary/aromatic N) is 2. The van der Waals surface area contributed by atoms with Gasteiger partial charge in [0, 0.05) is 27.7 Å². The van der Waals surface area contributed by atoms with Crippen LogP contribution in [0.4, 0.5) is 0 Å². The zero-order chi connectivity index (χ0) is 27.9. The average molecular weight is 571 g/mol. The molecule has 39 heavy (non-hydrogen) atoms. The van der Waals surface area contributed by atoms with Crippen molar-refractivity contribution in [3.8, 4) is 0 Å². The molecule has 3 aliphatic rings. The van der Waals surface area contributed by atoms with E-state index in [-0.39, 0.29) is 30.8 Å². The van der Waals surface area contributed by atoms with E-state index in [0.29, 0.717) is 44.6 Å². The van der Waals surface area contributed by atoms with Crippen LogP contribution in [0.2, 0.25) is 10.0 Å². The highest BCUT2D eigenvalue weighted by Crippen LogP contribution is 2.53. The lowest BCUT2D eigenvalue weighted by Crippen LogP contribution is -2.53. The third kappa shape index (κ3) is 5.85. The van der Waals surface area contributed by atoms with Crippen molar-refractivity contribution in [1.29, 1.82) is 0 Å². The zero-order valence-electron chi connectivity index (χ0n) is 22.1. The molecule has 5 rings (SSSR count). The fourth-order valence-corrected chi connectivity index (χ4v) is 7.00. The number of hydrogen-bond donors (Lipinski definition) is 2. The lowest BCUT2D eigenvalue weighted by molar-refractivity contribution is -0.137. The fraction of sp³-hybridized carbons (Fsp3) is 0.467. The van der Waals surface area contributed by atoms with Gasteiger partial charge in [-0.3, -0.25) is 19.4 Å². The van der Waals surface area contributed by atoms with Crippen LogP contribution in [0.25, 0.3) is 0 Å². The predicted octanol–water partition coefficient (Wildman–Crippen LogP) is 6.13. The summed E-state index contributed by atoms with van der Waals surface area (Å²) in [5.74, 6) is -0.264. The summed E-state index contributed by atoms with van der Waals surface area (Å²) in [5.41, 5.74) is 1.80. The molecule has 2 unspecified atom stereocenters. The van der Waals surface area contributed by atoms with Crippen LogP contribution in [-0.2, 0) is 9.59 Å². The number of aliphatic carboxylic acids is 1. The number of benzene rings is 2. The Morgan fingerprint density at radius 2 is 1.69 bits per heavy atom. The summed E-state index contributed by atoms with van der Waals surface area (Å²) in [4.78, 5) is 44.8. The fourth-order valence-electron chi connectivity index (χ4n) is 6.48. The molecular formula is C30H33Cl2N3O4. The summed E-state index contributed by atoms with van der Waals surface area (Å²) in [6.07, 6.45) is 4.57. The van der Waals surface area contributed by atoms with Gasteiger partial charge in [0.25, 0.3) is 11.8 Å². The second kappa shape index (κ2) is 10.9. The maximum atomic E-state index is 14.3. The third-order valence-electron chi connectivity index (χ3n) is 7.97. The van der Waals surface area contributed by atoms with Crippen LogP contribution >= 0.6 is 23.2 Å². The van der Waals surface area contributed by atoms with Crippen molar-refractivity contribution in [2.45, 2.75) is 64.1 Å². The van der Waals surface area contributed by atoms with Gasteiger partial charge in [0.1, 0.15) is 11.4 Å². The molecule has 206 valence electrons. The number of hydrogen-bond acceptors (Lipinski definition) is 4. The summed E-state index contributed by atoms with van der Waals surface area (Å²) < 4.78 is 0. The van der Waals surface area contributed by atoms with Crippen molar-refractivity contribution < 1.29 is 19.5 Å². The van der Waals surface area contributed by atoms with Gasteiger partial charge in [-0.1, -0.05) is 49.2 Å². The Bertz CT molecular complexity index is 1290. The zero-order valence-corrected chi connectivity index (χ0v) is 23.6. The van der Waals surface area contributed by atoms with Crippen LogP contribution in [0.15, 0.2) is 47.5 Å². The average Bonchev–Trinajstić information content (AvgIpc) is 3.65. The van der Waals surface area contributed by atoms with Crippen LogP contribution < -0.4 is 5.32 Å². The molecule has 2 fully saturated rings. The van der Waals surface area contributed by atoms with Gasteiger partial charge in [0.05, 0.1) is 12.5 Å². The first-order valence-electron chi connectivity index (χ1n) is 13.6. The van der Waals surface area contributed by atoms with E-state index in [0.717, 1.165) is 37.7 Å². The van der Waals surface area contributed by atoms with E-state index in [2.05, 4.69) is 19.2 Å². The Kier molecular flexibility index (Phi) is 7.75. The molecule has 1 spiro atoms. The van der Waals surface area contributed by atoms with Gasteiger partial charge in [-0.2, -0.15) is 0 Å². The number of carbonyl (C=O) groups excluding carboxylic acids is 2. The minimum Gasteiger partial charge on any atom is -0.481 e. The Labute approximate surface area is 238 Å². The highest BCUT2D eigenvalue weighted by Gasteiger charge is 2.55. The molecule has 1 heterocycles. The van der Waals surface area contributed by atoms with Crippen LogP contribution in [0.3, 0.4) is 0 Å². The molecule has 3 atom stereocenters. The number of nitrogens with one attached hydrogen (secondary N) is 1. The SMILES string of the molecule is CC1CC(C)CC2(C1)N=C(c1cc(Cl)cc(Cl)c1)C(=O)N2[C@@H](c1ccc(C(=O)NCCC(=O)O)cc1)C1CC1. The van der Waals surface area contributed by atoms with Gasteiger partial charge in [-0.25, -0.2) is 0 Å². The molecule has 0 aromatic heterocycles. The van der Waals surface area contributed by atoms with E-state index < -0.39 is 11.6 Å². The molecule has 7 nitrogen and oxygen atoms in total. The van der Waals surface area contributed by atoms with Gasteiger partial charge in [-0.15, -0.1) is 0 Å². The largest absolute Gasteiger partial charge is 0.481 e. The van der Waals surface area contributed by atoms with Gasteiger partial charge in [0.15, 0.2) is 0 Å². The second-order valence-electron chi connectivity index (χ2n) is 11.4. The first kappa shape index (κ1) is 27.7. The number of amides is 2. The molecule has 2 N–H and O–H groups in total. The first-order valence-corrected chi connectivity index (χ1v) is 14.3. The molecule has 2 aromatic rings. The van der Waals surface area contributed by atoms with Crippen LogP contribution in [0.5, 0.6) is 0 Å². The van der Waals surface area contributed by atoms with Crippen molar-refractivity contribution in [2.24, 2.45) is 22.7 Å². The second-order valence-corrected chi connectivity index (χ2v) is 12.3. The molecule has 2 amide bonds. The standard InChI is InChI=1S/C30H33Cl2N3O4/c1-17-11-18(2)16-30(15-17)34-26(22-12-23(31)14-24(32)13-22)29(39)35(30)27(19-3-4-19)20-5-7-21(8-6-20)28(38)33-10-9-25(36)37/h5-8,12-14,17-19,27H,3-4,9-11,15-16H2,1-2H3,(H,33,38)(H,36,37)/t17?,18?,27-,30?/m1/s1. The maximum absolute atomic E-state index is 14.3. The minimum absolute atomic E-state index is 0.0649. The van der Waals surface area contributed by atoms with Crippen LogP contribution in [0.1, 0.15) is 79.9 Å². The van der Waals surface area contributed by atoms with Crippen LogP contribution in [0, 0.1) is 17.8 Å². The summed E-state index contributed by atoms with van der Waals surface area (Å²) in [6.45, 7) is 4.52. The van der Waals surface area contributed by atoms with Crippen molar-refractivity contribution in [3.05, 3.63) is 69.2 Å². The summed E-state index contributed by atoms with van der Waals surface area (Å²) in [6, 6.07) is 12.3. The Morgan fingerprint density at radius 3 is 2.26 bits per heavy atom. The smallest absolute Gasteiger partial charge is 0.305 e. The summed E-state index contributed by atoms with van der Waals surface area (Å²) >= 11 is 12.6. The lowest BCUT2D eigenvalue weighted by atomic mass is 9.75. The Morgan fingerprint density at radius 1 is 1.08 bits per heavy atom. The number of carboxylic acid groups (broad SMARTS) is 1. The van der Waals surface area contributed by atoms with Crippen molar-refractivity contribution in [2.75, 3.05) is 6.54 Å². The molecule has 2 saturated carbocycles. The van der Waals surface area contributed by atoms with Gasteiger partial charge >= 0.3 is 5.97 Å². The molecule has 9 heteroatoms. The minimum atomic E-state index is -0.963. The molecule has 0 radical (unpaired) electrons. The molecule has 2 aliphatic carbocycles. The first-order chi connectivity index (χ1) is 18.6. The van der Waals surface area contributed by atoms with Crippen LogP contribution in [-0.4, -0.2) is 45.7 Å². The van der Waals surface area contributed by atoms with E-state index in [1.165, 1.54) is 0 Å². The highest BCUT2D eigenvalue weighted by molar-refractivity contribution is 6.47. The summed E-state index contributed by atoms with van der Waals surface area (Å²) in [7, 11) is 0. The number of rotatable bonds is 8. The number of carbonyl (C=O) groups is 3. The van der Waals surface area contributed by atoms with E-state index in [4.69, 9.17) is 33.3 Å². The Balaban J connectivity index is 1.50. The topological polar surface area (TPSA) is 99.1 Å². The van der Waals surface area contributed by atoms with Crippen molar-refractivity contribution in [3.63, 3.8) is 0 Å². The van der Waals surface area contributed by atoms with Gasteiger partial charge in [-0.05, 0) is 85.8 Å². The third-order valence-corrected chi connectivity index (χ3v) is 8.40. The molecule has 2 aromatic carbocycles. The summed E-state index contributed by atoms with van der Waals surface area (Å²) in [5, 5.41) is 12.4. The Hall–Kier alpha value is -2.90. The predicted molar refractivity (Wildman–Crippen MR) is 151 cm³/mol.